The third-order valence-electron chi connectivity index (χ3n) is 4.30. The quantitative estimate of drug-likeness (QED) is 0.903. The first-order chi connectivity index (χ1) is 12.6. The minimum absolute atomic E-state index is 0.136. The van der Waals surface area contributed by atoms with Gasteiger partial charge in [-0.1, -0.05) is 42.5 Å². The number of anilines is 1. The van der Waals surface area contributed by atoms with Crippen LogP contribution in [0.3, 0.4) is 0 Å². The van der Waals surface area contributed by atoms with Gasteiger partial charge in [0, 0.05) is 38.8 Å². The molecule has 1 fully saturated rings. The topological polar surface area (TPSA) is 35.6 Å². The van der Waals surface area contributed by atoms with Gasteiger partial charge in [-0.15, -0.1) is 0 Å². The number of nitrogens with zero attached hydrogens (tertiary/aromatic N) is 2. The van der Waals surface area contributed by atoms with Crippen LogP contribution in [0.5, 0.6) is 0 Å². The summed E-state index contributed by atoms with van der Waals surface area (Å²) in [6.45, 7) is 3.36. The standard InChI is InChI=1S/C20H21F2N3O/c21-17-8-9-18(22)19(15-17)23-20(26)25-13-11-24(12-14-25)10-4-7-16-5-2-1-3-6-16/h1-9,15H,10-14H2,(H,23,26)/b7-4-. The van der Waals surface area contributed by atoms with Crippen LogP contribution in [-0.2, 0) is 0 Å². The second-order valence-corrected chi connectivity index (χ2v) is 6.16. The van der Waals surface area contributed by atoms with E-state index in [0.29, 0.717) is 13.1 Å². The molecule has 0 aromatic heterocycles. The van der Waals surface area contributed by atoms with Crippen molar-refractivity contribution in [2.75, 3.05) is 38.0 Å². The Morgan fingerprint density at radius 2 is 1.77 bits per heavy atom. The number of carbonyl (C=O) groups excluding carboxylic acids is 1. The molecule has 0 aliphatic carbocycles. The second-order valence-electron chi connectivity index (χ2n) is 6.16. The SMILES string of the molecule is O=C(Nc1cc(F)ccc1F)N1CCN(C/C=C\c2ccccc2)CC1. The van der Waals surface area contributed by atoms with E-state index in [4.69, 9.17) is 0 Å². The normalized spacial score (nSPS) is 15.4. The van der Waals surface area contributed by atoms with Gasteiger partial charge in [-0.3, -0.25) is 4.90 Å². The summed E-state index contributed by atoms with van der Waals surface area (Å²) >= 11 is 0. The molecule has 2 amide bonds. The lowest BCUT2D eigenvalue weighted by atomic mass is 10.2. The van der Waals surface area contributed by atoms with Gasteiger partial charge in [0.05, 0.1) is 5.69 Å². The molecule has 0 saturated carbocycles. The molecule has 1 aliphatic rings. The first-order valence-electron chi connectivity index (χ1n) is 8.57. The second kappa shape index (κ2) is 8.58. The van der Waals surface area contributed by atoms with Crippen molar-refractivity contribution in [2.24, 2.45) is 0 Å². The Bertz CT molecular complexity index is 772. The number of carbonyl (C=O) groups is 1. The Balaban J connectivity index is 1.46. The van der Waals surface area contributed by atoms with Crippen molar-refractivity contribution < 1.29 is 13.6 Å². The van der Waals surface area contributed by atoms with Gasteiger partial charge in [0.15, 0.2) is 0 Å². The predicted octanol–water partition coefficient (Wildman–Crippen LogP) is 3.83. The Hall–Kier alpha value is -2.73. The molecule has 3 rings (SSSR count). The number of benzene rings is 2. The summed E-state index contributed by atoms with van der Waals surface area (Å²) in [5, 5.41) is 2.44. The molecular weight excluding hydrogens is 336 g/mol. The highest BCUT2D eigenvalue weighted by Gasteiger charge is 2.21. The number of hydrogen-bond donors (Lipinski definition) is 1. The molecule has 0 spiro atoms. The van der Waals surface area contributed by atoms with Gasteiger partial charge in [-0.25, -0.2) is 13.6 Å². The smallest absolute Gasteiger partial charge is 0.322 e. The van der Waals surface area contributed by atoms with E-state index in [-0.39, 0.29) is 5.69 Å². The molecular formula is C20H21F2N3O. The molecule has 136 valence electrons. The Kier molecular flexibility index (Phi) is 5.96. The molecule has 1 aliphatic heterocycles. The highest BCUT2D eigenvalue weighted by molar-refractivity contribution is 5.89. The van der Waals surface area contributed by atoms with Gasteiger partial charge in [0.25, 0.3) is 0 Å². The summed E-state index contributed by atoms with van der Waals surface area (Å²) in [6.07, 6.45) is 4.18. The van der Waals surface area contributed by atoms with Crippen LogP contribution in [0.1, 0.15) is 5.56 Å². The number of halogens is 2. The summed E-state index contributed by atoms with van der Waals surface area (Å²) in [7, 11) is 0. The molecule has 1 heterocycles. The fraction of sp³-hybridized carbons (Fsp3) is 0.250. The molecule has 0 radical (unpaired) electrons. The van der Waals surface area contributed by atoms with E-state index in [0.717, 1.165) is 43.4 Å². The molecule has 26 heavy (non-hydrogen) atoms. The van der Waals surface area contributed by atoms with Crippen molar-refractivity contribution in [1.82, 2.24) is 9.80 Å². The van der Waals surface area contributed by atoms with Crippen LogP contribution in [-0.4, -0.2) is 48.6 Å². The highest BCUT2D eigenvalue weighted by Crippen LogP contribution is 2.16. The molecule has 1 saturated heterocycles. The molecule has 0 atom stereocenters. The van der Waals surface area contributed by atoms with Gasteiger partial charge >= 0.3 is 6.03 Å². The molecule has 0 unspecified atom stereocenters. The average Bonchev–Trinajstić information content (AvgIpc) is 2.66. The van der Waals surface area contributed by atoms with E-state index in [1.807, 2.05) is 30.3 Å². The number of rotatable bonds is 4. The third-order valence-corrected chi connectivity index (χ3v) is 4.30. The highest BCUT2D eigenvalue weighted by atomic mass is 19.1. The van der Waals surface area contributed by atoms with E-state index in [2.05, 4.69) is 22.4 Å². The zero-order chi connectivity index (χ0) is 18.4. The van der Waals surface area contributed by atoms with Crippen LogP contribution in [0.15, 0.2) is 54.6 Å². The van der Waals surface area contributed by atoms with E-state index < -0.39 is 17.7 Å². The van der Waals surface area contributed by atoms with Crippen molar-refractivity contribution in [1.29, 1.82) is 0 Å². The van der Waals surface area contributed by atoms with Crippen LogP contribution < -0.4 is 5.32 Å². The van der Waals surface area contributed by atoms with Gasteiger partial charge in [0.2, 0.25) is 0 Å². The van der Waals surface area contributed by atoms with Crippen LogP contribution in [0.25, 0.3) is 6.08 Å². The largest absolute Gasteiger partial charge is 0.322 e. The minimum Gasteiger partial charge on any atom is -0.322 e. The number of urea groups is 1. The maximum atomic E-state index is 13.6. The maximum absolute atomic E-state index is 13.6. The summed E-state index contributed by atoms with van der Waals surface area (Å²) < 4.78 is 26.8. The molecule has 6 heteroatoms. The number of nitrogens with one attached hydrogen (secondary N) is 1. The lowest BCUT2D eigenvalue weighted by Gasteiger charge is -2.34. The van der Waals surface area contributed by atoms with Gasteiger partial charge < -0.3 is 10.2 Å². The maximum Gasteiger partial charge on any atom is 0.322 e. The van der Waals surface area contributed by atoms with Crippen molar-refractivity contribution in [3.63, 3.8) is 0 Å². The summed E-state index contributed by atoms with van der Waals surface area (Å²) in [5.74, 6) is -1.24. The molecule has 1 N–H and O–H groups in total. The van der Waals surface area contributed by atoms with E-state index in [1.165, 1.54) is 0 Å². The van der Waals surface area contributed by atoms with Gasteiger partial charge in [0.1, 0.15) is 11.6 Å². The molecule has 2 aromatic carbocycles. The molecule has 4 nitrogen and oxygen atoms in total. The molecule has 2 aromatic rings. The molecule has 0 bridgehead atoms. The zero-order valence-electron chi connectivity index (χ0n) is 14.4. The Labute approximate surface area is 151 Å². The predicted molar refractivity (Wildman–Crippen MR) is 98.9 cm³/mol. The summed E-state index contributed by atoms with van der Waals surface area (Å²) in [6, 6.07) is 12.7. The Morgan fingerprint density at radius 1 is 1.04 bits per heavy atom. The third kappa shape index (κ3) is 4.89. The zero-order valence-corrected chi connectivity index (χ0v) is 14.4. The summed E-state index contributed by atoms with van der Waals surface area (Å²) in [5.41, 5.74) is 1.02. The van der Waals surface area contributed by atoms with E-state index >= 15 is 0 Å². The van der Waals surface area contributed by atoms with Crippen molar-refractivity contribution in [2.45, 2.75) is 0 Å². The minimum atomic E-state index is -0.649. The van der Waals surface area contributed by atoms with E-state index in [1.54, 1.807) is 4.90 Å². The average molecular weight is 357 g/mol. The van der Waals surface area contributed by atoms with Crippen LogP contribution >= 0.6 is 0 Å². The van der Waals surface area contributed by atoms with Crippen molar-refractivity contribution in [3.05, 3.63) is 71.8 Å². The van der Waals surface area contributed by atoms with Crippen molar-refractivity contribution >= 4 is 17.8 Å². The first kappa shape index (κ1) is 18.1. The fourth-order valence-corrected chi connectivity index (χ4v) is 2.82. The monoisotopic (exact) mass is 357 g/mol. The van der Waals surface area contributed by atoms with Crippen molar-refractivity contribution in [3.8, 4) is 0 Å². The van der Waals surface area contributed by atoms with Crippen LogP contribution in [0.4, 0.5) is 19.3 Å². The Morgan fingerprint density at radius 3 is 2.50 bits per heavy atom. The number of piperazine rings is 1. The number of hydrogen-bond acceptors (Lipinski definition) is 2. The number of amides is 2. The van der Waals surface area contributed by atoms with Gasteiger partial charge in [-0.2, -0.15) is 0 Å². The first-order valence-corrected chi connectivity index (χ1v) is 8.57. The van der Waals surface area contributed by atoms with E-state index in [9.17, 15) is 13.6 Å². The summed E-state index contributed by atoms with van der Waals surface area (Å²) in [4.78, 5) is 16.1. The van der Waals surface area contributed by atoms with Crippen LogP contribution in [0, 0.1) is 11.6 Å². The van der Waals surface area contributed by atoms with Crippen LogP contribution in [0.2, 0.25) is 0 Å². The van der Waals surface area contributed by atoms with Gasteiger partial charge in [-0.05, 0) is 17.7 Å². The fourth-order valence-electron chi connectivity index (χ4n) is 2.82. The lowest BCUT2D eigenvalue weighted by Crippen LogP contribution is -2.50. The lowest BCUT2D eigenvalue weighted by molar-refractivity contribution is 0.156.